The first-order valence-corrected chi connectivity index (χ1v) is 0.775. The molecule has 0 fully saturated rings. The van der Waals surface area contributed by atoms with Gasteiger partial charge in [0.1, 0.15) is 0 Å². The van der Waals surface area contributed by atoms with Crippen LogP contribution in [0.4, 0.5) is 0 Å². The second kappa shape index (κ2) is 9.36. The molecule has 0 aromatic heterocycles. The van der Waals surface area contributed by atoms with Crippen molar-refractivity contribution in [1.82, 2.24) is 0 Å². The summed E-state index contributed by atoms with van der Waals surface area (Å²) in [6.07, 6.45) is 0. The van der Waals surface area contributed by atoms with Crippen LogP contribution in [0.25, 0.3) is 0 Å². The Hall–Kier alpha value is 0.984. The molecular weight excluding hydrogens is 170 g/mol. The largest absolute Gasteiger partial charge is 0.631 e. The van der Waals surface area contributed by atoms with Crippen LogP contribution < -0.4 is 0 Å². The average Bonchev–Trinajstić information content (AvgIpc) is 0.811. The van der Waals surface area contributed by atoms with Crippen LogP contribution in [0.3, 0.4) is 0 Å². The summed E-state index contributed by atoms with van der Waals surface area (Å²) in [5, 5.41) is 21.5. The molecule has 39 valence electrons. The minimum Gasteiger partial charge on any atom is -0.402 e. The molecule has 0 atom stereocenters. The molecule has 6 heteroatoms. The maximum Gasteiger partial charge on any atom is 0.631 e. The Balaban J connectivity index is -0.0000000450. The molecule has 3 N–H and O–H groups in total. The van der Waals surface area contributed by atoms with Crippen molar-refractivity contribution in [2.75, 3.05) is 0 Å². The summed E-state index contributed by atoms with van der Waals surface area (Å²) in [4.78, 5) is 0. The van der Waals surface area contributed by atoms with Crippen molar-refractivity contribution in [3.8, 4) is 0 Å². The third-order valence-corrected chi connectivity index (χ3v) is 0. The number of rotatable bonds is 0. The molecule has 0 aromatic carbocycles. The maximum atomic E-state index is 7.17. The van der Waals surface area contributed by atoms with Crippen LogP contribution >= 0.6 is 0 Å². The van der Waals surface area contributed by atoms with Gasteiger partial charge >= 0.3 is 7.32 Å². The molecule has 0 saturated carbocycles. The molecule has 0 rings (SSSR count). The van der Waals surface area contributed by atoms with E-state index in [4.69, 9.17) is 15.1 Å². The summed E-state index contributed by atoms with van der Waals surface area (Å²) in [5.74, 6) is 0. The summed E-state index contributed by atoms with van der Waals surface area (Å²) in [6.45, 7) is 0. The normalized spacial score (nSPS) is 4.50. The second-order valence-electron chi connectivity index (χ2n) is 0.346. The Morgan fingerprint density at radius 2 is 1.00 bits per heavy atom. The van der Waals surface area contributed by atoms with E-state index in [2.05, 4.69) is 0 Å². The SMILES string of the molecule is OB(O)O.[Fe].[Mn]. The monoisotopic (exact) mass is 173 g/mol. The van der Waals surface area contributed by atoms with Crippen molar-refractivity contribution < 1.29 is 49.2 Å². The molecule has 1 radical (unpaired) electrons. The van der Waals surface area contributed by atoms with E-state index in [0.717, 1.165) is 0 Å². The Morgan fingerprint density at radius 3 is 1.00 bits per heavy atom. The quantitative estimate of drug-likeness (QED) is 0.369. The fourth-order valence-electron chi connectivity index (χ4n) is 0. The Bertz CT molecular complexity index is 15.5. The minimum atomic E-state index is -2.17. The van der Waals surface area contributed by atoms with E-state index in [-0.39, 0.29) is 34.1 Å². The van der Waals surface area contributed by atoms with Gasteiger partial charge in [0, 0.05) is 34.1 Å². The van der Waals surface area contributed by atoms with E-state index in [1.54, 1.807) is 0 Å². The van der Waals surface area contributed by atoms with E-state index >= 15 is 0 Å². The fourth-order valence-corrected chi connectivity index (χ4v) is 0. The molecule has 0 unspecified atom stereocenters. The Kier molecular flexibility index (Phi) is 24.6. The molecule has 3 nitrogen and oxygen atoms in total. The van der Waals surface area contributed by atoms with Gasteiger partial charge in [0.25, 0.3) is 0 Å². The van der Waals surface area contributed by atoms with Crippen LogP contribution in [0.2, 0.25) is 0 Å². The van der Waals surface area contributed by atoms with Gasteiger partial charge in [-0.05, 0) is 0 Å². The first-order valence-electron chi connectivity index (χ1n) is 0.775. The Morgan fingerprint density at radius 1 is 1.00 bits per heavy atom. The first-order chi connectivity index (χ1) is 1.73. The molecule has 0 aliphatic carbocycles. The number of hydrogen-bond donors (Lipinski definition) is 3. The number of hydrogen-bond acceptors (Lipinski definition) is 3. The molecule has 6 heavy (non-hydrogen) atoms. The van der Waals surface area contributed by atoms with Crippen LogP contribution in [0.5, 0.6) is 0 Å². The summed E-state index contributed by atoms with van der Waals surface area (Å²) in [5.41, 5.74) is 0. The smallest absolute Gasteiger partial charge is 0.402 e. The summed E-state index contributed by atoms with van der Waals surface area (Å²) < 4.78 is 0. The third-order valence-electron chi connectivity index (χ3n) is 0. The van der Waals surface area contributed by atoms with Gasteiger partial charge < -0.3 is 15.1 Å². The van der Waals surface area contributed by atoms with Crippen LogP contribution in [-0.2, 0) is 34.1 Å². The van der Waals surface area contributed by atoms with Gasteiger partial charge in [0.2, 0.25) is 0 Å². The van der Waals surface area contributed by atoms with Crippen LogP contribution in [0.15, 0.2) is 0 Å². The van der Waals surface area contributed by atoms with E-state index in [1.807, 2.05) is 0 Å². The predicted octanol–water partition coefficient (Wildman–Crippen LogP) is -2.06. The average molecular weight is 173 g/mol. The predicted molar refractivity (Wildman–Crippen MR) is 12.4 cm³/mol. The molecule has 0 aliphatic rings. The van der Waals surface area contributed by atoms with E-state index in [1.165, 1.54) is 0 Å². The topological polar surface area (TPSA) is 60.7 Å². The van der Waals surface area contributed by atoms with Crippen molar-refractivity contribution in [1.29, 1.82) is 0 Å². The second-order valence-corrected chi connectivity index (χ2v) is 0.346. The molecule has 0 aromatic rings. The minimum absolute atomic E-state index is 0. The molecule has 0 heterocycles. The zero-order valence-electron chi connectivity index (χ0n) is 2.65. The molecule has 0 saturated heterocycles. The molecule has 0 amide bonds. The first kappa shape index (κ1) is 15.8. The van der Waals surface area contributed by atoms with Gasteiger partial charge in [-0.15, -0.1) is 0 Å². The summed E-state index contributed by atoms with van der Waals surface area (Å²) in [7, 11) is -2.17. The molecule has 0 aliphatic heterocycles. The van der Waals surface area contributed by atoms with Crippen molar-refractivity contribution in [3.05, 3.63) is 0 Å². The summed E-state index contributed by atoms with van der Waals surface area (Å²) in [6, 6.07) is 0. The molecule has 0 bridgehead atoms. The summed E-state index contributed by atoms with van der Waals surface area (Å²) >= 11 is 0. The van der Waals surface area contributed by atoms with Gasteiger partial charge in [-0.25, -0.2) is 0 Å². The van der Waals surface area contributed by atoms with E-state index in [9.17, 15) is 0 Å². The van der Waals surface area contributed by atoms with Gasteiger partial charge in [0.15, 0.2) is 0 Å². The van der Waals surface area contributed by atoms with Crippen molar-refractivity contribution in [2.45, 2.75) is 0 Å². The van der Waals surface area contributed by atoms with Gasteiger partial charge in [-0.2, -0.15) is 0 Å². The van der Waals surface area contributed by atoms with Gasteiger partial charge in [-0.3, -0.25) is 0 Å². The van der Waals surface area contributed by atoms with Crippen LogP contribution in [0, 0.1) is 0 Å². The van der Waals surface area contributed by atoms with Crippen molar-refractivity contribution in [3.63, 3.8) is 0 Å². The van der Waals surface area contributed by atoms with Crippen LogP contribution in [-0.4, -0.2) is 22.4 Å². The third kappa shape index (κ3) is 81.7. The standard InChI is InChI=1S/BH3O3.Fe.Mn/c2-1(3)4;;/h2-4H;;. The van der Waals surface area contributed by atoms with Gasteiger partial charge in [0.05, 0.1) is 0 Å². The van der Waals surface area contributed by atoms with E-state index < -0.39 is 7.32 Å². The zero-order valence-corrected chi connectivity index (χ0v) is 4.94. The maximum absolute atomic E-state index is 7.17. The zero-order chi connectivity index (χ0) is 3.58. The molecule has 0 spiro atoms. The van der Waals surface area contributed by atoms with Crippen molar-refractivity contribution in [2.24, 2.45) is 0 Å². The van der Waals surface area contributed by atoms with E-state index in [0.29, 0.717) is 0 Å². The van der Waals surface area contributed by atoms with Crippen LogP contribution in [0.1, 0.15) is 0 Å². The molecular formula is H3BFeMnO3. The Labute approximate surface area is 56.9 Å². The van der Waals surface area contributed by atoms with Crippen molar-refractivity contribution >= 4 is 7.32 Å². The van der Waals surface area contributed by atoms with Gasteiger partial charge in [-0.1, -0.05) is 0 Å². The fraction of sp³-hybridized carbons (Fsp3) is 0.